The molecule has 1 aliphatic heterocycles. The van der Waals surface area contributed by atoms with Crippen LogP contribution in [-0.2, 0) is 12.7 Å². The third kappa shape index (κ3) is 4.35. The van der Waals surface area contributed by atoms with Crippen LogP contribution in [0.25, 0.3) is 5.69 Å². The molecule has 2 heterocycles. The fraction of sp³-hybridized carbons (Fsp3) is 0.273. The molecule has 3 aromatic rings. The van der Waals surface area contributed by atoms with Crippen LogP contribution in [0.4, 0.5) is 13.2 Å². The molecule has 4 rings (SSSR count). The lowest BCUT2D eigenvalue weighted by atomic mass is 10.1. The number of hydrogen-bond acceptors (Lipinski definition) is 4. The predicted octanol–water partition coefficient (Wildman–Crippen LogP) is 4.21. The van der Waals surface area contributed by atoms with Gasteiger partial charge in [0.15, 0.2) is 11.5 Å². The minimum Gasteiger partial charge on any atom is -0.486 e. The molecule has 0 radical (unpaired) electrons. The Kier molecular flexibility index (Phi) is 5.34. The lowest BCUT2D eigenvalue weighted by Crippen LogP contribution is -2.25. The summed E-state index contributed by atoms with van der Waals surface area (Å²) in [5, 5.41) is 6.79. The number of nitrogens with zero attached hydrogens (tertiary/aromatic N) is 2. The number of hydrogen-bond donors (Lipinski definition) is 1. The van der Waals surface area contributed by atoms with Crippen molar-refractivity contribution in [2.24, 2.45) is 0 Å². The van der Waals surface area contributed by atoms with Gasteiger partial charge in [-0.05, 0) is 55.8 Å². The van der Waals surface area contributed by atoms with Crippen molar-refractivity contribution in [3.8, 4) is 17.2 Å². The molecule has 0 aliphatic carbocycles. The van der Waals surface area contributed by atoms with E-state index in [1.165, 1.54) is 16.8 Å². The van der Waals surface area contributed by atoms with Crippen LogP contribution in [0, 0.1) is 13.8 Å². The van der Waals surface area contributed by atoms with Crippen molar-refractivity contribution in [1.82, 2.24) is 15.1 Å². The van der Waals surface area contributed by atoms with Crippen molar-refractivity contribution in [2.75, 3.05) is 13.2 Å². The Morgan fingerprint density at radius 1 is 1.06 bits per heavy atom. The number of alkyl halides is 3. The van der Waals surface area contributed by atoms with Crippen molar-refractivity contribution in [3.05, 3.63) is 70.5 Å². The summed E-state index contributed by atoms with van der Waals surface area (Å²) in [7, 11) is 0. The Balaban J connectivity index is 1.56. The van der Waals surface area contributed by atoms with Crippen LogP contribution in [0.5, 0.6) is 11.5 Å². The number of halogens is 3. The third-order valence-corrected chi connectivity index (χ3v) is 4.90. The van der Waals surface area contributed by atoms with E-state index in [-0.39, 0.29) is 17.7 Å². The maximum atomic E-state index is 13.7. The quantitative estimate of drug-likeness (QED) is 0.672. The van der Waals surface area contributed by atoms with E-state index in [0.29, 0.717) is 36.1 Å². The SMILES string of the molecule is Cc1cc(C)n(-c2ccc(CNC(=O)c3ccc4c(c3)OCCO4)c(C(F)(F)F)c2)n1. The van der Waals surface area contributed by atoms with E-state index in [2.05, 4.69) is 10.4 Å². The van der Waals surface area contributed by atoms with Crippen LogP contribution < -0.4 is 14.8 Å². The van der Waals surface area contributed by atoms with Crippen LogP contribution >= 0.6 is 0 Å². The Morgan fingerprint density at radius 2 is 1.81 bits per heavy atom. The summed E-state index contributed by atoms with van der Waals surface area (Å²) in [6.07, 6.45) is -4.58. The van der Waals surface area contributed by atoms with E-state index >= 15 is 0 Å². The van der Waals surface area contributed by atoms with Gasteiger partial charge in [-0.1, -0.05) is 6.07 Å². The molecule has 1 N–H and O–H groups in total. The second kappa shape index (κ2) is 7.98. The second-order valence-corrected chi connectivity index (χ2v) is 7.22. The second-order valence-electron chi connectivity index (χ2n) is 7.22. The Labute approximate surface area is 176 Å². The van der Waals surface area contributed by atoms with Gasteiger partial charge in [0, 0.05) is 17.8 Å². The zero-order chi connectivity index (χ0) is 22.2. The molecule has 31 heavy (non-hydrogen) atoms. The Bertz CT molecular complexity index is 1140. The van der Waals surface area contributed by atoms with Crippen molar-refractivity contribution in [2.45, 2.75) is 26.6 Å². The minimum atomic E-state index is -4.58. The van der Waals surface area contributed by atoms with E-state index in [1.807, 2.05) is 0 Å². The van der Waals surface area contributed by atoms with Crippen LogP contribution in [-0.4, -0.2) is 28.9 Å². The smallest absolute Gasteiger partial charge is 0.416 e. The molecule has 0 bridgehead atoms. The number of aromatic nitrogens is 2. The number of carbonyl (C=O) groups is 1. The first-order valence-corrected chi connectivity index (χ1v) is 9.64. The molecule has 0 atom stereocenters. The summed E-state index contributed by atoms with van der Waals surface area (Å²) in [5.74, 6) is 0.457. The van der Waals surface area contributed by atoms with E-state index < -0.39 is 17.6 Å². The lowest BCUT2D eigenvalue weighted by Gasteiger charge is -2.19. The van der Waals surface area contributed by atoms with Crippen molar-refractivity contribution in [1.29, 1.82) is 0 Å². The molecule has 162 valence electrons. The summed E-state index contributed by atoms with van der Waals surface area (Å²) in [4.78, 5) is 12.5. The van der Waals surface area contributed by atoms with Gasteiger partial charge < -0.3 is 14.8 Å². The van der Waals surface area contributed by atoms with E-state index in [0.717, 1.165) is 11.8 Å². The van der Waals surface area contributed by atoms with Gasteiger partial charge in [0.05, 0.1) is 16.9 Å². The largest absolute Gasteiger partial charge is 0.486 e. The maximum absolute atomic E-state index is 13.7. The van der Waals surface area contributed by atoms with Gasteiger partial charge in [-0.15, -0.1) is 0 Å². The van der Waals surface area contributed by atoms with Gasteiger partial charge in [-0.25, -0.2) is 4.68 Å². The molecule has 1 amide bonds. The first-order valence-electron chi connectivity index (χ1n) is 9.64. The summed E-state index contributed by atoms with van der Waals surface area (Å²) in [6.45, 7) is 4.06. The number of carbonyl (C=O) groups excluding carboxylic acids is 1. The summed E-state index contributed by atoms with van der Waals surface area (Å²) < 4.78 is 53.5. The van der Waals surface area contributed by atoms with Crippen molar-refractivity contribution < 1.29 is 27.4 Å². The number of ether oxygens (including phenoxy) is 2. The first-order chi connectivity index (χ1) is 14.7. The molecular formula is C22H20F3N3O3. The van der Waals surface area contributed by atoms with Gasteiger partial charge in [-0.2, -0.15) is 18.3 Å². The van der Waals surface area contributed by atoms with Crippen LogP contribution in [0.3, 0.4) is 0 Å². The van der Waals surface area contributed by atoms with E-state index in [4.69, 9.17) is 9.47 Å². The third-order valence-electron chi connectivity index (χ3n) is 4.90. The number of aryl methyl sites for hydroxylation is 2. The van der Waals surface area contributed by atoms with Crippen molar-refractivity contribution in [3.63, 3.8) is 0 Å². The predicted molar refractivity (Wildman–Crippen MR) is 107 cm³/mol. The molecule has 9 heteroatoms. The summed E-state index contributed by atoms with van der Waals surface area (Å²) in [6, 6.07) is 10.4. The van der Waals surface area contributed by atoms with Gasteiger partial charge in [-0.3, -0.25) is 4.79 Å². The fourth-order valence-electron chi connectivity index (χ4n) is 3.47. The molecule has 0 unspecified atom stereocenters. The van der Waals surface area contributed by atoms with Gasteiger partial charge in [0.25, 0.3) is 5.91 Å². The zero-order valence-electron chi connectivity index (χ0n) is 16.9. The lowest BCUT2D eigenvalue weighted by molar-refractivity contribution is -0.138. The Hall–Kier alpha value is -3.49. The van der Waals surface area contributed by atoms with Crippen LogP contribution in [0.1, 0.15) is 32.9 Å². The molecule has 0 saturated carbocycles. The van der Waals surface area contributed by atoms with E-state index in [1.54, 1.807) is 38.1 Å². The minimum absolute atomic E-state index is 0.0383. The number of fused-ring (bicyclic) bond motifs is 1. The number of rotatable bonds is 4. The van der Waals surface area contributed by atoms with Gasteiger partial charge in [0.1, 0.15) is 13.2 Å². The zero-order valence-corrected chi connectivity index (χ0v) is 16.9. The monoisotopic (exact) mass is 431 g/mol. The molecule has 6 nitrogen and oxygen atoms in total. The maximum Gasteiger partial charge on any atom is 0.416 e. The summed E-state index contributed by atoms with van der Waals surface area (Å²) in [5.41, 5.74) is 1.16. The van der Waals surface area contributed by atoms with Crippen LogP contribution in [0.15, 0.2) is 42.5 Å². The number of amides is 1. The molecule has 0 spiro atoms. The van der Waals surface area contributed by atoms with Crippen molar-refractivity contribution >= 4 is 5.91 Å². The topological polar surface area (TPSA) is 65.4 Å². The summed E-state index contributed by atoms with van der Waals surface area (Å²) >= 11 is 0. The van der Waals surface area contributed by atoms with Gasteiger partial charge in [0.2, 0.25) is 0 Å². The number of nitrogens with one attached hydrogen (secondary N) is 1. The standard InChI is InChI=1S/C22H20F3N3O3/c1-13-9-14(2)28(27-13)17-5-3-16(18(11-17)22(23,24)25)12-26-21(29)15-4-6-19-20(10-15)31-8-7-30-19/h3-6,9-11H,7-8,12H2,1-2H3,(H,26,29). The highest BCUT2D eigenvalue weighted by atomic mass is 19.4. The average Bonchev–Trinajstić information content (AvgIpc) is 3.08. The molecule has 0 saturated heterocycles. The number of benzene rings is 2. The highest BCUT2D eigenvalue weighted by molar-refractivity contribution is 5.94. The highest BCUT2D eigenvalue weighted by Gasteiger charge is 2.34. The average molecular weight is 431 g/mol. The molecular weight excluding hydrogens is 411 g/mol. The molecule has 1 aliphatic rings. The molecule has 1 aromatic heterocycles. The van der Waals surface area contributed by atoms with Gasteiger partial charge >= 0.3 is 6.18 Å². The Morgan fingerprint density at radius 3 is 2.48 bits per heavy atom. The first kappa shape index (κ1) is 20.8. The van der Waals surface area contributed by atoms with E-state index in [9.17, 15) is 18.0 Å². The molecule has 2 aromatic carbocycles. The normalized spacial score (nSPS) is 13.2. The van der Waals surface area contributed by atoms with Crippen LogP contribution in [0.2, 0.25) is 0 Å². The molecule has 0 fully saturated rings. The highest BCUT2D eigenvalue weighted by Crippen LogP contribution is 2.34. The fourth-order valence-corrected chi connectivity index (χ4v) is 3.47.